The average Bonchev–Trinajstić information content (AvgIpc) is 3.18. The number of benzene rings is 1. The van der Waals surface area contributed by atoms with Crippen LogP contribution >= 0.6 is 0 Å². The number of hydrogen-bond acceptors (Lipinski definition) is 7. The first-order valence-electron chi connectivity index (χ1n) is 9.15. The Morgan fingerprint density at radius 1 is 1.25 bits per heavy atom. The third-order valence-electron chi connectivity index (χ3n) is 4.14. The van der Waals surface area contributed by atoms with Gasteiger partial charge in [-0.3, -0.25) is 9.69 Å². The summed E-state index contributed by atoms with van der Waals surface area (Å²) >= 11 is 0. The minimum absolute atomic E-state index is 0.188. The van der Waals surface area contributed by atoms with Crippen LogP contribution < -0.4 is 5.43 Å². The third kappa shape index (κ3) is 5.51. The Kier molecular flexibility index (Phi) is 6.94. The zero-order chi connectivity index (χ0) is 19.8. The molecule has 0 spiro atoms. The van der Waals surface area contributed by atoms with Gasteiger partial charge in [0, 0.05) is 18.7 Å². The van der Waals surface area contributed by atoms with Gasteiger partial charge in [-0.15, -0.1) is 0 Å². The molecular formula is C20H23N3O5. The Bertz CT molecular complexity index is 840. The van der Waals surface area contributed by atoms with E-state index in [1.807, 2.05) is 11.0 Å². The second-order valence-electron chi connectivity index (χ2n) is 6.18. The quantitative estimate of drug-likeness (QED) is 0.445. The van der Waals surface area contributed by atoms with E-state index in [1.54, 1.807) is 37.3 Å². The molecule has 148 valence electrons. The minimum atomic E-state index is -0.374. The van der Waals surface area contributed by atoms with Crippen LogP contribution in [-0.2, 0) is 14.3 Å². The monoisotopic (exact) mass is 385 g/mol. The number of carbonyl (C=O) groups excluding carboxylic acids is 2. The molecule has 1 aliphatic heterocycles. The van der Waals surface area contributed by atoms with Crippen molar-refractivity contribution in [3.05, 3.63) is 47.7 Å². The van der Waals surface area contributed by atoms with E-state index in [9.17, 15) is 9.59 Å². The fourth-order valence-electron chi connectivity index (χ4n) is 2.76. The van der Waals surface area contributed by atoms with Crippen molar-refractivity contribution in [2.75, 3.05) is 39.5 Å². The summed E-state index contributed by atoms with van der Waals surface area (Å²) < 4.78 is 16.0. The fraction of sp³-hybridized carbons (Fsp3) is 0.350. The Hall–Kier alpha value is -2.97. The van der Waals surface area contributed by atoms with Gasteiger partial charge in [0.2, 0.25) is 0 Å². The Balaban J connectivity index is 1.56. The van der Waals surface area contributed by atoms with E-state index < -0.39 is 0 Å². The SMILES string of the molecule is CCOC(=O)c1cccc(-c2ccc(/C=N\NC(=O)CN3CCOCC3)o2)c1. The second-order valence-corrected chi connectivity index (χ2v) is 6.18. The molecule has 0 bridgehead atoms. The van der Waals surface area contributed by atoms with Gasteiger partial charge in [-0.2, -0.15) is 5.10 Å². The number of hydrazone groups is 1. The molecule has 1 saturated heterocycles. The third-order valence-corrected chi connectivity index (χ3v) is 4.14. The van der Waals surface area contributed by atoms with Gasteiger partial charge in [-0.25, -0.2) is 10.2 Å². The normalized spacial score (nSPS) is 14.9. The average molecular weight is 385 g/mol. The van der Waals surface area contributed by atoms with Crippen molar-refractivity contribution < 1.29 is 23.5 Å². The highest BCUT2D eigenvalue weighted by Crippen LogP contribution is 2.23. The highest BCUT2D eigenvalue weighted by atomic mass is 16.5. The molecule has 0 radical (unpaired) electrons. The molecular weight excluding hydrogens is 362 g/mol. The summed E-state index contributed by atoms with van der Waals surface area (Å²) in [5, 5.41) is 3.93. The van der Waals surface area contributed by atoms with Crippen LogP contribution in [0, 0.1) is 0 Å². The number of nitrogens with zero attached hydrogens (tertiary/aromatic N) is 2. The lowest BCUT2D eigenvalue weighted by Gasteiger charge is -2.25. The van der Waals surface area contributed by atoms with Crippen LogP contribution in [0.2, 0.25) is 0 Å². The number of hydrogen-bond donors (Lipinski definition) is 1. The van der Waals surface area contributed by atoms with Gasteiger partial charge in [-0.1, -0.05) is 12.1 Å². The van der Waals surface area contributed by atoms with Crippen molar-refractivity contribution in [1.29, 1.82) is 0 Å². The largest absolute Gasteiger partial charge is 0.462 e. The molecule has 1 aromatic carbocycles. The van der Waals surface area contributed by atoms with Crippen LogP contribution in [0.15, 0.2) is 45.9 Å². The second kappa shape index (κ2) is 9.82. The van der Waals surface area contributed by atoms with Crippen molar-refractivity contribution >= 4 is 18.1 Å². The molecule has 1 aliphatic rings. The van der Waals surface area contributed by atoms with Gasteiger partial charge in [0.15, 0.2) is 0 Å². The van der Waals surface area contributed by atoms with Crippen molar-refractivity contribution in [3.63, 3.8) is 0 Å². The molecule has 8 heteroatoms. The van der Waals surface area contributed by atoms with E-state index in [4.69, 9.17) is 13.9 Å². The Morgan fingerprint density at radius 2 is 2.07 bits per heavy atom. The molecule has 8 nitrogen and oxygen atoms in total. The van der Waals surface area contributed by atoms with Crippen molar-refractivity contribution in [2.24, 2.45) is 5.10 Å². The number of ether oxygens (including phenoxy) is 2. The smallest absolute Gasteiger partial charge is 0.338 e. The lowest BCUT2D eigenvalue weighted by Crippen LogP contribution is -2.42. The Labute approximate surface area is 163 Å². The summed E-state index contributed by atoms with van der Waals surface area (Å²) in [6.45, 7) is 5.13. The van der Waals surface area contributed by atoms with Crippen LogP contribution in [0.25, 0.3) is 11.3 Å². The number of rotatable bonds is 7. The number of esters is 1. The van der Waals surface area contributed by atoms with E-state index >= 15 is 0 Å². The summed E-state index contributed by atoms with van der Waals surface area (Å²) in [6.07, 6.45) is 1.44. The summed E-state index contributed by atoms with van der Waals surface area (Å²) in [6, 6.07) is 10.5. The first-order chi connectivity index (χ1) is 13.7. The van der Waals surface area contributed by atoms with Crippen LogP contribution in [0.3, 0.4) is 0 Å². The van der Waals surface area contributed by atoms with Gasteiger partial charge in [0.05, 0.1) is 38.1 Å². The Morgan fingerprint density at radius 3 is 2.86 bits per heavy atom. The summed E-state index contributed by atoms with van der Waals surface area (Å²) in [7, 11) is 0. The minimum Gasteiger partial charge on any atom is -0.462 e. The summed E-state index contributed by atoms with van der Waals surface area (Å²) in [4.78, 5) is 25.8. The first-order valence-corrected chi connectivity index (χ1v) is 9.15. The molecule has 2 heterocycles. The number of carbonyl (C=O) groups is 2. The number of amides is 1. The van der Waals surface area contributed by atoms with Gasteiger partial charge >= 0.3 is 5.97 Å². The van der Waals surface area contributed by atoms with Crippen LogP contribution in [0.5, 0.6) is 0 Å². The molecule has 0 saturated carbocycles. The highest BCUT2D eigenvalue weighted by Gasteiger charge is 2.13. The number of furan rings is 1. The van der Waals surface area contributed by atoms with Crippen molar-refractivity contribution in [1.82, 2.24) is 10.3 Å². The van der Waals surface area contributed by atoms with E-state index in [0.29, 0.717) is 36.9 Å². The van der Waals surface area contributed by atoms with E-state index in [0.717, 1.165) is 18.7 Å². The predicted molar refractivity (Wildman–Crippen MR) is 103 cm³/mol. The molecule has 1 fully saturated rings. The zero-order valence-electron chi connectivity index (χ0n) is 15.7. The fourth-order valence-corrected chi connectivity index (χ4v) is 2.76. The highest BCUT2D eigenvalue weighted by molar-refractivity contribution is 5.91. The van der Waals surface area contributed by atoms with Crippen LogP contribution in [0.4, 0.5) is 0 Å². The maximum atomic E-state index is 11.9. The molecule has 1 aromatic heterocycles. The molecule has 28 heavy (non-hydrogen) atoms. The summed E-state index contributed by atoms with van der Waals surface area (Å²) in [5.41, 5.74) is 3.70. The van der Waals surface area contributed by atoms with Crippen molar-refractivity contribution in [3.8, 4) is 11.3 Å². The first kappa shape index (κ1) is 19.8. The summed E-state index contributed by atoms with van der Waals surface area (Å²) in [5.74, 6) is 0.517. The molecule has 0 aliphatic carbocycles. The topological polar surface area (TPSA) is 93.4 Å². The number of morpholine rings is 1. The van der Waals surface area contributed by atoms with Gasteiger partial charge in [-0.05, 0) is 31.2 Å². The predicted octanol–water partition coefficient (Wildman–Crippen LogP) is 1.91. The standard InChI is InChI=1S/C20H23N3O5/c1-2-27-20(25)16-5-3-4-15(12-16)18-7-6-17(28-18)13-21-22-19(24)14-23-8-10-26-11-9-23/h3-7,12-13H,2,8-11,14H2,1H3,(H,22,24)/b21-13-. The maximum Gasteiger partial charge on any atom is 0.338 e. The van der Waals surface area contributed by atoms with Gasteiger partial charge in [0.1, 0.15) is 11.5 Å². The number of nitrogens with one attached hydrogen (secondary N) is 1. The molecule has 2 aromatic rings. The molecule has 1 amide bonds. The van der Waals surface area contributed by atoms with E-state index in [-0.39, 0.29) is 18.4 Å². The zero-order valence-corrected chi connectivity index (χ0v) is 15.7. The molecule has 1 N–H and O–H groups in total. The molecule has 3 rings (SSSR count). The van der Waals surface area contributed by atoms with Gasteiger partial charge in [0.25, 0.3) is 5.91 Å². The maximum absolute atomic E-state index is 11.9. The van der Waals surface area contributed by atoms with Crippen LogP contribution in [-0.4, -0.2) is 62.4 Å². The van der Waals surface area contributed by atoms with Gasteiger partial charge < -0.3 is 13.9 Å². The molecule has 0 unspecified atom stereocenters. The van der Waals surface area contributed by atoms with E-state index in [1.165, 1.54) is 6.21 Å². The van der Waals surface area contributed by atoms with Crippen LogP contribution in [0.1, 0.15) is 23.0 Å². The lowest BCUT2D eigenvalue weighted by molar-refractivity contribution is -0.123. The lowest BCUT2D eigenvalue weighted by atomic mass is 10.1. The van der Waals surface area contributed by atoms with E-state index in [2.05, 4.69) is 10.5 Å². The molecule has 0 atom stereocenters. The van der Waals surface area contributed by atoms with Crippen molar-refractivity contribution in [2.45, 2.75) is 6.92 Å².